The molecule has 17 heavy (non-hydrogen) atoms. The highest BCUT2D eigenvalue weighted by Crippen LogP contribution is 2.22. The van der Waals surface area contributed by atoms with Crippen LogP contribution < -0.4 is 11.1 Å². The molecule has 1 heterocycles. The summed E-state index contributed by atoms with van der Waals surface area (Å²) in [6, 6.07) is 5.43. The van der Waals surface area contributed by atoms with Crippen molar-refractivity contribution in [2.45, 2.75) is 13.3 Å². The molecule has 0 saturated heterocycles. The lowest BCUT2D eigenvalue weighted by Gasteiger charge is -2.08. The summed E-state index contributed by atoms with van der Waals surface area (Å²) in [6.07, 6.45) is 0.893. The lowest BCUT2D eigenvalue weighted by molar-refractivity contribution is 0.987. The van der Waals surface area contributed by atoms with Gasteiger partial charge in [-0.2, -0.15) is 0 Å². The Morgan fingerprint density at radius 1 is 1.47 bits per heavy atom. The van der Waals surface area contributed by atoms with Crippen LogP contribution in [0.2, 0.25) is 5.02 Å². The largest absolute Gasteiger partial charge is 0.397 e. The Morgan fingerprint density at radius 3 is 3.00 bits per heavy atom. The third-order valence-corrected chi connectivity index (χ3v) is 3.60. The maximum atomic E-state index is 5.91. The number of nitrogens with zero attached hydrogens (tertiary/aromatic N) is 1. The SMILES string of the molecule is Cc1csc(CCNc2cc(Cl)ccc2N)n1. The number of thiazole rings is 1. The van der Waals surface area contributed by atoms with Crippen molar-refractivity contribution < 1.29 is 0 Å². The van der Waals surface area contributed by atoms with E-state index in [1.54, 1.807) is 23.5 Å². The van der Waals surface area contributed by atoms with Gasteiger partial charge in [-0.1, -0.05) is 11.6 Å². The van der Waals surface area contributed by atoms with Crippen molar-refractivity contribution in [1.82, 2.24) is 4.98 Å². The number of nitrogens with two attached hydrogens (primary N) is 1. The number of rotatable bonds is 4. The fourth-order valence-electron chi connectivity index (χ4n) is 1.50. The maximum absolute atomic E-state index is 5.91. The second kappa shape index (κ2) is 5.38. The molecule has 2 rings (SSSR count). The van der Waals surface area contributed by atoms with Gasteiger partial charge >= 0.3 is 0 Å². The second-order valence-corrected chi connectivity index (χ2v) is 5.17. The van der Waals surface area contributed by atoms with Gasteiger partial charge in [0.15, 0.2) is 0 Å². The fourth-order valence-corrected chi connectivity index (χ4v) is 2.45. The smallest absolute Gasteiger partial charge is 0.0945 e. The molecule has 1 aromatic heterocycles. The molecule has 90 valence electrons. The van der Waals surface area contributed by atoms with E-state index in [0.29, 0.717) is 10.7 Å². The maximum Gasteiger partial charge on any atom is 0.0945 e. The Labute approximate surface area is 110 Å². The Hall–Kier alpha value is -1.26. The average Bonchev–Trinajstić information content (AvgIpc) is 2.69. The molecule has 0 unspecified atom stereocenters. The minimum Gasteiger partial charge on any atom is -0.397 e. The van der Waals surface area contributed by atoms with E-state index < -0.39 is 0 Å². The molecule has 2 aromatic rings. The van der Waals surface area contributed by atoms with Gasteiger partial charge in [0, 0.05) is 29.1 Å². The third-order valence-electron chi connectivity index (χ3n) is 2.34. The van der Waals surface area contributed by atoms with E-state index in [9.17, 15) is 0 Å². The quantitative estimate of drug-likeness (QED) is 0.836. The molecule has 0 fully saturated rings. The molecule has 5 heteroatoms. The molecular weight excluding hydrogens is 254 g/mol. The molecule has 0 bridgehead atoms. The summed E-state index contributed by atoms with van der Waals surface area (Å²) < 4.78 is 0. The van der Waals surface area contributed by atoms with E-state index in [4.69, 9.17) is 17.3 Å². The fraction of sp³-hybridized carbons (Fsp3) is 0.250. The number of anilines is 2. The number of nitrogen functional groups attached to an aromatic ring is 1. The van der Waals surface area contributed by atoms with Crippen molar-refractivity contribution in [3.8, 4) is 0 Å². The van der Waals surface area contributed by atoms with Crippen LogP contribution in [0.15, 0.2) is 23.6 Å². The average molecular weight is 268 g/mol. The van der Waals surface area contributed by atoms with Crippen molar-refractivity contribution in [3.63, 3.8) is 0 Å². The Kier molecular flexibility index (Phi) is 3.86. The Morgan fingerprint density at radius 2 is 2.29 bits per heavy atom. The highest BCUT2D eigenvalue weighted by Gasteiger charge is 2.01. The van der Waals surface area contributed by atoms with Gasteiger partial charge in [0.1, 0.15) is 0 Å². The van der Waals surface area contributed by atoms with Gasteiger partial charge in [-0.15, -0.1) is 11.3 Å². The van der Waals surface area contributed by atoms with E-state index in [1.807, 2.05) is 13.0 Å². The van der Waals surface area contributed by atoms with Crippen LogP contribution in [-0.4, -0.2) is 11.5 Å². The molecule has 0 aliphatic carbocycles. The van der Waals surface area contributed by atoms with Crippen molar-refractivity contribution in [2.24, 2.45) is 0 Å². The van der Waals surface area contributed by atoms with E-state index >= 15 is 0 Å². The van der Waals surface area contributed by atoms with Crippen molar-refractivity contribution in [3.05, 3.63) is 39.3 Å². The standard InChI is InChI=1S/C12H14ClN3S/c1-8-7-17-12(16-8)4-5-15-11-6-9(13)2-3-10(11)14/h2-3,6-7,15H,4-5,14H2,1H3. The third kappa shape index (κ3) is 3.35. The molecule has 0 aliphatic heterocycles. The number of hydrogen-bond acceptors (Lipinski definition) is 4. The summed E-state index contributed by atoms with van der Waals surface area (Å²) in [5, 5.41) is 7.15. The van der Waals surface area contributed by atoms with E-state index in [0.717, 1.165) is 29.4 Å². The van der Waals surface area contributed by atoms with E-state index in [2.05, 4.69) is 15.7 Å². The predicted molar refractivity (Wildman–Crippen MR) is 74.9 cm³/mol. The zero-order chi connectivity index (χ0) is 12.3. The predicted octanol–water partition coefficient (Wildman–Crippen LogP) is 3.34. The number of hydrogen-bond donors (Lipinski definition) is 2. The lowest BCUT2D eigenvalue weighted by atomic mass is 10.2. The minimum absolute atomic E-state index is 0.687. The topological polar surface area (TPSA) is 50.9 Å². The van der Waals surface area contributed by atoms with Gasteiger partial charge < -0.3 is 11.1 Å². The molecule has 3 N–H and O–H groups in total. The zero-order valence-corrected chi connectivity index (χ0v) is 11.1. The first kappa shape index (κ1) is 12.2. The molecule has 0 radical (unpaired) electrons. The van der Waals surface area contributed by atoms with Crippen LogP contribution in [0.5, 0.6) is 0 Å². The molecular formula is C12H14ClN3S. The number of benzene rings is 1. The van der Waals surface area contributed by atoms with Crippen LogP contribution in [-0.2, 0) is 6.42 Å². The van der Waals surface area contributed by atoms with Crippen LogP contribution in [0.4, 0.5) is 11.4 Å². The van der Waals surface area contributed by atoms with Gasteiger partial charge in [-0.05, 0) is 25.1 Å². The first-order chi connectivity index (χ1) is 8.15. The Balaban J connectivity index is 1.91. The summed E-state index contributed by atoms with van der Waals surface area (Å²) in [7, 11) is 0. The molecule has 1 aromatic carbocycles. The van der Waals surface area contributed by atoms with Gasteiger partial charge in [-0.25, -0.2) is 4.98 Å². The highest BCUT2D eigenvalue weighted by molar-refractivity contribution is 7.09. The second-order valence-electron chi connectivity index (χ2n) is 3.79. The van der Waals surface area contributed by atoms with Crippen LogP contribution >= 0.6 is 22.9 Å². The summed E-state index contributed by atoms with van der Waals surface area (Å²) in [4.78, 5) is 4.40. The first-order valence-electron chi connectivity index (χ1n) is 5.35. The van der Waals surface area contributed by atoms with Crippen LogP contribution in [0.1, 0.15) is 10.7 Å². The molecule has 0 atom stereocenters. The monoisotopic (exact) mass is 267 g/mol. The molecule has 3 nitrogen and oxygen atoms in total. The molecule has 0 saturated carbocycles. The molecule has 0 spiro atoms. The van der Waals surface area contributed by atoms with Crippen LogP contribution in [0.25, 0.3) is 0 Å². The number of nitrogens with one attached hydrogen (secondary N) is 1. The van der Waals surface area contributed by atoms with Gasteiger partial charge in [0.25, 0.3) is 0 Å². The Bertz CT molecular complexity index is 510. The molecule has 0 amide bonds. The lowest BCUT2D eigenvalue weighted by Crippen LogP contribution is -2.06. The van der Waals surface area contributed by atoms with Crippen molar-refractivity contribution >= 4 is 34.3 Å². The summed E-state index contributed by atoms with van der Waals surface area (Å²) in [6.45, 7) is 2.81. The highest BCUT2D eigenvalue weighted by atomic mass is 35.5. The first-order valence-corrected chi connectivity index (χ1v) is 6.61. The normalized spacial score (nSPS) is 10.5. The van der Waals surface area contributed by atoms with E-state index in [1.165, 1.54) is 0 Å². The van der Waals surface area contributed by atoms with Crippen molar-refractivity contribution in [2.75, 3.05) is 17.6 Å². The zero-order valence-electron chi connectivity index (χ0n) is 9.53. The number of aromatic nitrogens is 1. The van der Waals surface area contributed by atoms with E-state index in [-0.39, 0.29) is 0 Å². The van der Waals surface area contributed by atoms with Crippen LogP contribution in [0, 0.1) is 6.92 Å². The van der Waals surface area contributed by atoms with Crippen LogP contribution in [0.3, 0.4) is 0 Å². The summed E-state index contributed by atoms with van der Waals surface area (Å²) in [5.74, 6) is 0. The summed E-state index contributed by atoms with van der Waals surface area (Å²) in [5.41, 5.74) is 8.51. The minimum atomic E-state index is 0.687. The van der Waals surface area contributed by atoms with Gasteiger partial charge in [0.2, 0.25) is 0 Å². The summed E-state index contributed by atoms with van der Waals surface area (Å²) >= 11 is 7.59. The van der Waals surface area contributed by atoms with Crippen molar-refractivity contribution in [1.29, 1.82) is 0 Å². The molecule has 0 aliphatic rings. The van der Waals surface area contributed by atoms with Gasteiger partial charge in [-0.3, -0.25) is 0 Å². The van der Waals surface area contributed by atoms with Gasteiger partial charge in [0.05, 0.1) is 16.4 Å². The number of halogens is 1. The number of aryl methyl sites for hydroxylation is 1.